The molecule has 0 saturated heterocycles. The zero-order chi connectivity index (χ0) is 18.4. The number of nitrogens with one attached hydrogen (secondary N) is 2. The van der Waals surface area contributed by atoms with Gasteiger partial charge < -0.3 is 15.1 Å². The molecule has 0 bridgehead atoms. The Kier molecular flexibility index (Phi) is 6.36. The molecule has 1 atom stereocenters. The molecular formula is C19H25N3O3. The van der Waals surface area contributed by atoms with Gasteiger partial charge in [-0.15, -0.1) is 0 Å². The third-order valence-electron chi connectivity index (χ3n) is 3.88. The minimum Gasteiger partial charge on any atom is -0.468 e. The van der Waals surface area contributed by atoms with Crippen LogP contribution in [-0.2, 0) is 4.79 Å². The number of aryl methyl sites for hydroxylation is 2. The van der Waals surface area contributed by atoms with Crippen molar-refractivity contribution in [1.82, 2.24) is 15.5 Å². The Bertz CT molecular complexity index is 703. The van der Waals surface area contributed by atoms with Crippen molar-refractivity contribution in [2.24, 2.45) is 0 Å². The standard InChI is InChI=1S/C19H25N3O3/c1-13-8-14(2)10-15(9-13)19(24)21-12-18(23)20-11-16(22(3)4)17-6-5-7-25-17/h5-10,16H,11-12H2,1-4H3,(H,20,23)(H,21,24). The van der Waals surface area contributed by atoms with Crippen LogP contribution in [0.15, 0.2) is 41.0 Å². The maximum Gasteiger partial charge on any atom is 0.251 e. The maximum absolute atomic E-state index is 12.2. The minimum absolute atomic E-state index is 0.0610. The van der Waals surface area contributed by atoms with E-state index in [1.165, 1.54) is 0 Å². The van der Waals surface area contributed by atoms with Crippen molar-refractivity contribution in [3.63, 3.8) is 0 Å². The molecule has 0 aliphatic carbocycles. The van der Waals surface area contributed by atoms with Crippen LogP contribution in [0.25, 0.3) is 0 Å². The number of likely N-dealkylation sites (N-methyl/N-ethyl adjacent to an activating group) is 1. The molecule has 0 fully saturated rings. The van der Waals surface area contributed by atoms with Crippen molar-refractivity contribution < 1.29 is 14.0 Å². The predicted molar refractivity (Wildman–Crippen MR) is 96.4 cm³/mol. The Labute approximate surface area is 148 Å². The number of benzene rings is 1. The van der Waals surface area contributed by atoms with Gasteiger partial charge in [-0.2, -0.15) is 0 Å². The molecule has 25 heavy (non-hydrogen) atoms. The number of rotatable bonds is 7. The maximum atomic E-state index is 12.2. The second kappa shape index (κ2) is 8.48. The molecule has 1 heterocycles. The SMILES string of the molecule is Cc1cc(C)cc(C(=O)NCC(=O)NCC(c2ccco2)N(C)C)c1. The molecule has 0 spiro atoms. The van der Waals surface area contributed by atoms with Gasteiger partial charge in [0.25, 0.3) is 5.91 Å². The summed E-state index contributed by atoms with van der Waals surface area (Å²) < 4.78 is 5.40. The fraction of sp³-hybridized carbons (Fsp3) is 0.368. The summed E-state index contributed by atoms with van der Waals surface area (Å²) >= 11 is 0. The van der Waals surface area contributed by atoms with Crippen LogP contribution in [-0.4, -0.2) is 43.9 Å². The fourth-order valence-electron chi connectivity index (χ4n) is 2.66. The zero-order valence-electron chi connectivity index (χ0n) is 15.1. The van der Waals surface area contributed by atoms with Crippen LogP contribution in [0.1, 0.15) is 33.3 Å². The Morgan fingerprint density at radius 2 is 1.80 bits per heavy atom. The molecule has 6 heteroatoms. The average molecular weight is 343 g/mol. The lowest BCUT2D eigenvalue weighted by atomic mass is 10.1. The second-order valence-corrected chi connectivity index (χ2v) is 6.36. The summed E-state index contributed by atoms with van der Waals surface area (Å²) in [6.07, 6.45) is 1.61. The number of hydrogen-bond donors (Lipinski definition) is 2. The summed E-state index contributed by atoms with van der Waals surface area (Å²) in [6, 6.07) is 9.24. The quantitative estimate of drug-likeness (QED) is 0.807. The first-order valence-corrected chi connectivity index (χ1v) is 8.20. The van der Waals surface area contributed by atoms with E-state index in [0.29, 0.717) is 12.1 Å². The smallest absolute Gasteiger partial charge is 0.251 e. The van der Waals surface area contributed by atoms with E-state index in [1.807, 2.05) is 51.0 Å². The van der Waals surface area contributed by atoms with Gasteiger partial charge in [0.05, 0.1) is 18.8 Å². The average Bonchev–Trinajstić information content (AvgIpc) is 3.05. The molecule has 2 aromatic rings. The molecule has 6 nitrogen and oxygen atoms in total. The molecule has 1 aromatic heterocycles. The number of amides is 2. The number of nitrogens with zero attached hydrogens (tertiary/aromatic N) is 1. The number of carbonyl (C=O) groups is 2. The summed E-state index contributed by atoms with van der Waals surface area (Å²) in [6.45, 7) is 4.21. The number of carbonyl (C=O) groups excluding carboxylic acids is 2. The molecule has 134 valence electrons. The second-order valence-electron chi connectivity index (χ2n) is 6.36. The van der Waals surface area contributed by atoms with Gasteiger partial charge in [0.15, 0.2) is 0 Å². The van der Waals surface area contributed by atoms with Gasteiger partial charge in [-0.05, 0) is 52.2 Å². The molecular weight excluding hydrogens is 318 g/mol. The van der Waals surface area contributed by atoms with E-state index in [1.54, 1.807) is 18.4 Å². The van der Waals surface area contributed by atoms with Crippen LogP contribution in [0.3, 0.4) is 0 Å². The normalized spacial score (nSPS) is 12.0. The molecule has 1 aromatic carbocycles. The van der Waals surface area contributed by atoms with Crippen molar-refractivity contribution in [2.45, 2.75) is 19.9 Å². The molecule has 2 N–H and O–H groups in total. The summed E-state index contributed by atoms with van der Waals surface area (Å²) in [5, 5.41) is 5.48. The lowest BCUT2D eigenvalue weighted by Crippen LogP contribution is -2.40. The highest BCUT2D eigenvalue weighted by Crippen LogP contribution is 2.17. The summed E-state index contributed by atoms with van der Waals surface area (Å²) in [7, 11) is 3.84. The van der Waals surface area contributed by atoms with Crippen LogP contribution in [0, 0.1) is 13.8 Å². The summed E-state index contributed by atoms with van der Waals surface area (Å²) in [5.74, 6) is 0.290. The van der Waals surface area contributed by atoms with Crippen molar-refractivity contribution >= 4 is 11.8 Å². The van der Waals surface area contributed by atoms with Gasteiger partial charge in [-0.3, -0.25) is 14.5 Å². The first-order valence-electron chi connectivity index (χ1n) is 8.20. The first kappa shape index (κ1) is 18.7. The van der Waals surface area contributed by atoms with Gasteiger partial charge in [-0.25, -0.2) is 0 Å². The Morgan fingerprint density at radius 3 is 2.36 bits per heavy atom. The van der Waals surface area contributed by atoms with E-state index in [9.17, 15) is 9.59 Å². The van der Waals surface area contributed by atoms with E-state index in [0.717, 1.165) is 16.9 Å². The molecule has 0 aliphatic rings. The van der Waals surface area contributed by atoms with E-state index in [2.05, 4.69) is 10.6 Å². The Balaban J connectivity index is 1.84. The zero-order valence-corrected chi connectivity index (χ0v) is 15.1. The van der Waals surface area contributed by atoms with Gasteiger partial charge in [-0.1, -0.05) is 17.2 Å². The van der Waals surface area contributed by atoms with Crippen molar-refractivity contribution in [3.05, 3.63) is 59.0 Å². The van der Waals surface area contributed by atoms with E-state index in [4.69, 9.17) is 4.42 Å². The van der Waals surface area contributed by atoms with Crippen LogP contribution in [0.5, 0.6) is 0 Å². The first-order chi connectivity index (χ1) is 11.9. The highest BCUT2D eigenvalue weighted by molar-refractivity contribution is 5.96. The van der Waals surface area contributed by atoms with Crippen LogP contribution in [0.2, 0.25) is 0 Å². The van der Waals surface area contributed by atoms with E-state index < -0.39 is 0 Å². The number of furan rings is 1. The third kappa shape index (κ3) is 5.46. The van der Waals surface area contributed by atoms with E-state index in [-0.39, 0.29) is 24.4 Å². The van der Waals surface area contributed by atoms with Crippen LogP contribution < -0.4 is 10.6 Å². The van der Waals surface area contributed by atoms with Crippen molar-refractivity contribution in [2.75, 3.05) is 27.2 Å². The molecule has 1 unspecified atom stereocenters. The highest BCUT2D eigenvalue weighted by Gasteiger charge is 2.18. The molecule has 2 amide bonds. The lowest BCUT2D eigenvalue weighted by Gasteiger charge is -2.22. The monoisotopic (exact) mass is 343 g/mol. The van der Waals surface area contributed by atoms with Gasteiger partial charge in [0.2, 0.25) is 5.91 Å². The van der Waals surface area contributed by atoms with Gasteiger partial charge in [0.1, 0.15) is 5.76 Å². The summed E-state index contributed by atoms with van der Waals surface area (Å²) in [4.78, 5) is 26.2. The Hall–Kier alpha value is -2.60. The van der Waals surface area contributed by atoms with Crippen molar-refractivity contribution in [3.8, 4) is 0 Å². The minimum atomic E-state index is -0.253. The molecule has 0 radical (unpaired) electrons. The fourth-order valence-corrected chi connectivity index (χ4v) is 2.66. The highest BCUT2D eigenvalue weighted by atomic mass is 16.3. The Morgan fingerprint density at radius 1 is 1.12 bits per heavy atom. The van der Waals surface area contributed by atoms with Gasteiger partial charge in [0, 0.05) is 12.1 Å². The van der Waals surface area contributed by atoms with Crippen LogP contribution in [0.4, 0.5) is 0 Å². The largest absolute Gasteiger partial charge is 0.468 e. The molecule has 2 rings (SSSR count). The topological polar surface area (TPSA) is 74.6 Å². The summed E-state index contributed by atoms with van der Waals surface area (Å²) in [5.41, 5.74) is 2.59. The predicted octanol–water partition coefficient (Wildman–Crippen LogP) is 2.05. The molecule has 0 aliphatic heterocycles. The molecule has 0 saturated carbocycles. The van der Waals surface area contributed by atoms with Crippen LogP contribution >= 0.6 is 0 Å². The van der Waals surface area contributed by atoms with Crippen molar-refractivity contribution in [1.29, 1.82) is 0 Å². The third-order valence-corrected chi connectivity index (χ3v) is 3.88. The lowest BCUT2D eigenvalue weighted by molar-refractivity contribution is -0.120. The van der Waals surface area contributed by atoms with Gasteiger partial charge >= 0.3 is 0 Å². The van der Waals surface area contributed by atoms with E-state index >= 15 is 0 Å². The number of hydrogen-bond acceptors (Lipinski definition) is 4.